The average Bonchev–Trinajstić information content (AvgIpc) is 3.02. The molecule has 0 radical (unpaired) electrons. The Morgan fingerprint density at radius 2 is 1.76 bits per heavy atom. The lowest BCUT2D eigenvalue weighted by Crippen LogP contribution is -2.42. The van der Waals surface area contributed by atoms with Gasteiger partial charge in [0, 0.05) is 24.0 Å². The van der Waals surface area contributed by atoms with Crippen LogP contribution in [0.5, 0.6) is 0 Å². The summed E-state index contributed by atoms with van der Waals surface area (Å²) in [5, 5.41) is 2.29. The number of hydrogen-bond acceptors (Lipinski definition) is 5. The van der Waals surface area contributed by atoms with Crippen molar-refractivity contribution in [3.8, 4) is 0 Å². The Bertz CT molecular complexity index is 1260. The van der Waals surface area contributed by atoms with E-state index in [-0.39, 0.29) is 12.1 Å². The quantitative estimate of drug-likeness (QED) is 0.582. The molecule has 0 saturated carbocycles. The van der Waals surface area contributed by atoms with Crippen LogP contribution in [0.3, 0.4) is 0 Å². The molecule has 3 amide bonds. The van der Waals surface area contributed by atoms with Gasteiger partial charge in [-0.25, -0.2) is 0 Å². The second kappa shape index (κ2) is 8.80. The van der Waals surface area contributed by atoms with E-state index in [4.69, 9.17) is 0 Å². The van der Waals surface area contributed by atoms with Gasteiger partial charge < -0.3 is 10.2 Å². The number of nitrogens with one attached hydrogen (secondary N) is 1. The molecule has 4 rings (SSSR count). The maximum Gasteiger partial charge on any atom is 0.294 e. The summed E-state index contributed by atoms with van der Waals surface area (Å²) < 4.78 is 0. The second-order valence-corrected chi connectivity index (χ2v) is 10.4. The van der Waals surface area contributed by atoms with Crippen LogP contribution >= 0.6 is 11.8 Å². The lowest BCUT2D eigenvalue weighted by Gasteiger charge is -2.41. The van der Waals surface area contributed by atoms with Crippen LogP contribution < -0.4 is 10.2 Å². The van der Waals surface area contributed by atoms with E-state index in [1.807, 2.05) is 26.0 Å². The summed E-state index contributed by atoms with van der Waals surface area (Å²) in [6.07, 6.45) is 3.99. The first kappa shape index (κ1) is 23.8. The number of nitrogens with zero attached hydrogens (tertiary/aromatic N) is 2. The monoisotopic (exact) mass is 475 g/mol. The van der Waals surface area contributed by atoms with Crippen molar-refractivity contribution < 1.29 is 14.4 Å². The number of carbonyl (C=O) groups excluding carboxylic acids is 3. The van der Waals surface area contributed by atoms with Gasteiger partial charge >= 0.3 is 0 Å². The molecule has 0 atom stereocenters. The molecule has 2 heterocycles. The zero-order chi connectivity index (χ0) is 24.8. The van der Waals surface area contributed by atoms with Gasteiger partial charge in [-0.3, -0.25) is 19.3 Å². The summed E-state index contributed by atoms with van der Waals surface area (Å²) >= 11 is 0.868. The molecule has 1 fully saturated rings. The van der Waals surface area contributed by atoms with Gasteiger partial charge in [0.05, 0.1) is 10.4 Å². The highest BCUT2D eigenvalue weighted by atomic mass is 32.2. The van der Waals surface area contributed by atoms with Crippen LogP contribution in [0.2, 0.25) is 0 Å². The number of hydrogen-bond donors (Lipinski definition) is 1. The van der Waals surface area contributed by atoms with Crippen LogP contribution in [0.25, 0.3) is 11.6 Å². The largest absolute Gasteiger partial charge is 0.365 e. The van der Waals surface area contributed by atoms with Crippen molar-refractivity contribution in [1.82, 2.24) is 4.90 Å². The zero-order valence-corrected chi connectivity index (χ0v) is 21.2. The van der Waals surface area contributed by atoms with E-state index in [0.29, 0.717) is 10.6 Å². The Morgan fingerprint density at radius 1 is 1.09 bits per heavy atom. The molecule has 0 aromatic heterocycles. The highest BCUT2D eigenvalue weighted by Crippen LogP contribution is 2.40. The highest BCUT2D eigenvalue weighted by Gasteiger charge is 2.36. The summed E-state index contributed by atoms with van der Waals surface area (Å²) in [4.78, 5) is 41.5. The minimum absolute atomic E-state index is 0.0904. The maximum absolute atomic E-state index is 13.0. The topological polar surface area (TPSA) is 69.7 Å². The van der Waals surface area contributed by atoms with Gasteiger partial charge in [-0.05, 0) is 93.4 Å². The number of imide groups is 1. The third-order valence-electron chi connectivity index (χ3n) is 6.40. The van der Waals surface area contributed by atoms with E-state index < -0.39 is 17.1 Å². The third-order valence-corrected chi connectivity index (χ3v) is 7.31. The molecule has 0 spiro atoms. The minimum atomic E-state index is -0.448. The summed E-state index contributed by atoms with van der Waals surface area (Å²) in [7, 11) is 2.08. The van der Waals surface area contributed by atoms with Crippen LogP contribution in [-0.4, -0.2) is 41.1 Å². The number of thioether (sulfide) groups is 1. The molecule has 2 aromatic carbocycles. The fourth-order valence-electron chi connectivity index (χ4n) is 4.23. The first-order valence-corrected chi connectivity index (χ1v) is 12.0. The predicted molar refractivity (Wildman–Crippen MR) is 140 cm³/mol. The van der Waals surface area contributed by atoms with Crippen molar-refractivity contribution in [2.45, 2.75) is 40.2 Å². The Balaban J connectivity index is 1.55. The van der Waals surface area contributed by atoms with Crippen molar-refractivity contribution >= 4 is 51.8 Å². The molecule has 0 aliphatic carbocycles. The highest BCUT2D eigenvalue weighted by molar-refractivity contribution is 8.18. The number of fused-ring (bicyclic) bond motifs is 1. The fraction of sp³-hybridized carbons (Fsp3) is 0.296. The predicted octanol–water partition coefficient (Wildman–Crippen LogP) is 5.61. The molecule has 34 heavy (non-hydrogen) atoms. The number of aryl methyl sites for hydroxylation is 2. The number of likely N-dealkylation sites (N-methyl/N-ethyl adjacent to an activating group) is 1. The summed E-state index contributed by atoms with van der Waals surface area (Å²) in [6, 6.07) is 11.5. The number of amides is 3. The molecule has 6 nitrogen and oxygen atoms in total. The summed E-state index contributed by atoms with van der Waals surface area (Å²) in [5.74, 6) is -0.861. The van der Waals surface area contributed by atoms with Gasteiger partial charge in [0.1, 0.15) is 6.54 Å². The van der Waals surface area contributed by atoms with Crippen LogP contribution in [-0.2, 0) is 9.59 Å². The molecule has 2 aromatic rings. The first-order valence-electron chi connectivity index (χ1n) is 11.2. The number of rotatable bonds is 4. The number of allylic oxidation sites excluding steroid dienone is 1. The van der Waals surface area contributed by atoms with Gasteiger partial charge in [-0.1, -0.05) is 23.8 Å². The zero-order valence-electron chi connectivity index (χ0n) is 20.4. The van der Waals surface area contributed by atoms with Gasteiger partial charge in [0.2, 0.25) is 5.91 Å². The summed E-state index contributed by atoms with van der Waals surface area (Å²) in [6.45, 7) is 10.1. The van der Waals surface area contributed by atoms with Crippen molar-refractivity contribution in [2.75, 3.05) is 23.8 Å². The van der Waals surface area contributed by atoms with Crippen LogP contribution in [0.4, 0.5) is 16.2 Å². The Hall–Kier alpha value is -3.32. The van der Waals surface area contributed by atoms with Gasteiger partial charge in [-0.2, -0.15) is 0 Å². The SMILES string of the molecule is CC1=CC(C)(C)N(C)c2cc(C)c(/C=C3/SC(=O)N(CC(=O)Nc4ccc(C)cc4)C3=O)cc21. The smallest absolute Gasteiger partial charge is 0.294 e. The standard InChI is InChI=1S/C27H29N3O3S/c1-16-7-9-20(10-8-16)28-24(31)15-30-25(32)23(34-26(30)33)13-19-12-21-18(3)14-27(4,5)29(6)22(21)11-17(19)2/h7-14H,15H2,1-6H3,(H,28,31)/b23-13+. The van der Waals surface area contributed by atoms with Crippen molar-refractivity contribution in [2.24, 2.45) is 0 Å². The number of benzene rings is 2. The lowest BCUT2D eigenvalue weighted by atomic mass is 9.87. The first-order chi connectivity index (χ1) is 16.0. The molecule has 2 aliphatic heterocycles. The van der Waals surface area contributed by atoms with Crippen molar-refractivity contribution in [3.05, 3.63) is 69.6 Å². The molecule has 0 bridgehead atoms. The third kappa shape index (κ3) is 4.53. The van der Waals surface area contributed by atoms with E-state index >= 15 is 0 Å². The van der Waals surface area contributed by atoms with E-state index in [1.54, 1.807) is 18.2 Å². The molecule has 7 heteroatoms. The van der Waals surface area contributed by atoms with Crippen LogP contribution in [0.15, 0.2) is 47.4 Å². The minimum Gasteiger partial charge on any atom is -0.365 e. The Kier molecular flexibility index (Phi) is 6.16. The van der Waals surface area contributed by atoms with E-state index in [2.05, 4.69) is 56.2 Å². The lowest BCUT2D eigenvalue weighted by molar-refractivity contribution is -0.127. The molecular weight excluding hydrogens is 446 g/mol. The van der Waals surface area contributed by atoms with Crippen LogP contribution in [0, 0.1) is 13.8 Å². The molecule has 1 saturated heterocycles. The number of anilines is 2. The van der Waals surface area contributed by atoms with Gasteiger partial charge in [0.15, 0.2) is 0 Å². The fourth-order valence-corrected chi connectivity index (χ4v) is 5.06. The molecule has 0 unspecified atom stereocenters. The van der Waals surface area contributed by atoms with Crippen LogP contribution in [0.1, 0.15) is 43.0 Å². The molecular formula is C27H29N3O3S. The van der Waals surface area contributed by atoms with Crippen molar-refractivity contribution in [1.29, 1.82) is 0 Å². The van der Waals surface area contributed by atoms with E-state index in [9.17, 15) is 14.4 Å². The second-order valence-electron chi connectivity index (χ2n) is 9.45. The molecule has 1 N–H and O–H groups in total. The Labute approximate surface area is 204 Å². The average molecular weight is 476 g/mol. The van der Waals surface area contributed by atoms with E-state index in [0.717, 1.165) is 44.6 Å². The summed E-state index contributed by atoms with van der Waals surface area (Å²) in [5.41, 5.74) is 6.93. The van der Waals surface area contributed by atoms with Crippen molar-refractivity contribution in [3.63, 3.8) is 0 Å². The van der Waals surface area contributed by atoms with E-state index in [1.165, 1.54) is 5.57 Å². The van der Waals surface area contributed by atoms with Gasteiger partial charge in [-0.15, -0.1) is 0 Å². The number of carbonyl (C=O) groups is 3. The maximum atomic E-state index is 13.0. The normalized spacial score (nSPS) is 18.3. The van der Waals surface area contributed by atoms with Gasteiger partial charge in [0.25, 0.3) is 11.1 Å². The Morgan fingerprint density at radius 3 is 2.44 bits per heavy atom. The molecule has 176 valence electrons. The molecule has 2 aliphatic rings.